The van der Waals surface area contributed by atoms with Crippen LogP contribution in [-0.2, 0) is 4.79 Å². The van der Waals surface area contributed by atoms with Gasteiger partial charge in [-0.15, -0.1) is 20.4 Å². The maximum atomic E-state index is 14.2. The van der Waals surface area contributed by atoms with Crippen LogP contribution in [0.5, 0.6) is 5.75 Å². The molecule has 1 aliphatic carbocycles. The molecule has 4 aromatic rings. The zero-order valence-corrected chi connectivity index (χ0v) is 22.0. The van der Waals surface area contributed by atoms with E-state index in [2.05, 4.69) is 25.7 Å². The third-order valence-electron chi connectivity index (χ3n) is 6.15. The quantitative estimate of drug-likeness (QED) is 0.254. The van der Waals surface area contributed by atoms with Gasteiger partial charge in [-0.25, -0.2) is 4.39 Å². The molecule has 1 atom stereocenters. The largest absolute Gasteiger partial charge is 0.480 e. The molecule has 1 N–H and O–H groups in total. The lowest BCUT2D eigenvalue weighted by molar-refractivity contribution is -0.113. The molecule has 0 bridgehead atoms. The van der Waals surface area contributed by atoms with Crippen molar-refractivity contribution in [2.75, 3.05) is 11.1 Å². The Hall–Kier alpha value is -3.31. The van der Waals surface area contributed by atoms with Crippen LogP contribution in [0.15, 0.2) is 59.8 Å². The first-order valence-electron chi connectivity index (χ1n) is 12.3. The first-order valence-corrected chi connectivity index (χ1v) is 14.1. The van der Waals surface area contributed by atoms with Crippen molar-refractivity contribution in [2.24, 2.45) is 0 Å². The molecule has 0 spiro atoms. The smallest absolute Gasteiger partial charge is 0.236 e. The molecule has 192 valence electrons. The molecule has 1 amide bonds. The second kappa shape index (κ2) is 11.8. The van der Waals surface area contributed by atoms with Gasteiger partial charge in [0.25, 0.3) is 0 Å². The second-order valence-corrected chi connectivity index (χ2v) is 10.8. The molecule has 1 aliphatic rings. The summed E-state index contributed by atoms with van der Waals surface area (Å²) in [6.45, 7) is 1.79. The number of hydrogen-bond acceptors (Lipinski definition) is 8. The van der Waals surface area contributed by atoms with E-state index in [1.807, 2.05) is 34.9 Å². The predicted molar refractivity (Wildman–Crippen MR) is 142 cm³/mol. The van der Waals surface area contributed by atoms with Crippen LogP contribution in [0.2, 0.25) is 0 Å². The highest BCUT2D eigenvalue weighted by Crippen LogP contribution is 2.35. The van der Waals surface area contributed by atoms with Crippen molar-refractivity contribution in [1.82, 2.24) is 25.0 Å². The van der Waals surface area contributed by atoms with Gasteiger partial charge in [-0.2, -0.15) is 0 Å². The van der Waals surface area contributed by atoms with Crippen LogP contribution >= 0.6 is 23.1 Å². The number of para-hydroxylation sites is 2. The van der Waals surface area contributed by atoms with Crippen molar-refractivity contribution < 1.29 is 13.9 Å². The highest BCUT2D eigenvalue weighted by molar-refractivity contribution is 7.99. The Morgan fingerprint density at radius 3 is 2.62 bits per heavy atom. The van der Waals surface area contributed by atoms with E-state index in [-0.39, 0.29) is 17.4 Å². The van der Waals surface area contributed by atoms with E-state index in [4.69, 9.17) is 4.74 Å². The van der Waals surface area contributed by atoms with Gasteiger partial charge < -0.3 is 4.74 Å². The number of carbonyl (C=O) groups excluding carboxylic acids is 1. The fourth-order valence-electron chi connectivity index (χ4n) is 4.33. The highest BCUT2D eigenvalue weighted by Gasteiger charge is 2.23. The zero-order chi connectivity index (χ0) is 25.6. The number of nitrogens with one attached hydrogen (secondary N) is 1. The number of hydrogen-bond donors (Lipinski definition) is 1. The van der Waals surface area contributed by atoms with Crippen molar-refractivity contribution in [3.8, 4) is 11.4 Å². The molecule has 8 nitrogen and oxygen atoms in total. The summed E-state index contributed by atoms with van der Waals surface area (Å²) in [6, 6.07) is 15.8. The van der Waals surface area contributed by atoms with E-state index in [9.17, 15) is 9.18 Å². The third kappa shape index (κ3) is 6.16. The van der Waals surface area contributed by atoms with Gasteiger partial charge in [0.05, 0.1) is 5.75 Å². The minimum Gasteiger partial charge on any atom is -0.480 e. The molecule has 0 radical (unpaired) electrons. The lowest BCUT2D eigenvalue weighted by Gasteiger charge is -2.18. The molecule has 2 aromatic carbocycles. The highest BCUT2D eigenvalue weighted by atomic mass is 32.2. The number of anilines is 1. The van der Waals surface area contributed by atoms with Gasteiger partial charge >= 0.3 is 0 Å². The lowest BCUT2D eigenvalue weighted by atomic mass is 9.90. The predicted octanol–water partition coefficient (Wildman–Crippen LogP) is 6.18. The van der Waals surface area contributed by atoms with Crippen molar-refractivity contribution >= 4 is 34.1 Å². The normalized spacial score (nSPS) is 14.9. The maximum absolute atomic E-state index is 14.2. The minimum absolute atomic E-state index is 0.117. The average molecular weight is 539 g/mol. The summed E-state index contributed by atoms with van der Waals surface area (Å²) in [5.74, 6) is 0.550. The number of carbonyl (C=O) groups is 1. The monoisotopic (exact) mass is 538 g/mol. The SMILES string of the molecule is CC(Oc1ccccc1F)c1nnc(SCC(=O)Nc2nnc(C3CCCCC3)s2)n1-c1ccccc1. The molecular weight excluding hydrogens is 511 g/mol. The zero-order valence-electron chi connectivity index (χ0n) is 20.3. The van der Waals surface area contributed by atoms with Gasteiger partial charge in [-0.05, 0) is 44.0 Å². The Kier molecular flexibility index (Phi) is 8.10. The number of benzene rings is 2. The summed E-state index contributed by atoms with van der Waals surface area (Å²) < 4.78 is 21.9. The first-order chi connectivity index (χ1) is 18.1. The molecular formula is C26H27FN6O2S2. The number of nitrogens with zero attached hydrogens (tertiary/aromatic N) is 5. The number of halogens is 1. The van der Waals surface area contributed by atoms with Crippen molar-refractivity contribution in [1.29, 1.82) is 0 Å². The van der Waals surface area contributed by atoms with Crippen molar-refractivity contribution in [3.63, 3.8) is 0 Å². The molecule has 0 saturated heterocycles. The van der Waals surface area contributed by atoms with Crippen molar-refractivity contribution in [3.05, 3.63) is 71.2 Å². The fraction of sp³-hybridized carbons (Fsp3) is 0.346. The summed E-state index contributed by atoms with van der Waals surface area (Å²) in [6.07, 6.45) is 5.39. The van der Waals surface area contributed by atoms with Crippen molar-refractivity contribution in [2.45, 2.75) is 56.2 Å². The molecule has 37 heavy (non-hydrogen) atoms. The standard InChI is InChI=1S/C26H27FN6O2S2/c1-17(35-21-15-9-8-14-20(21)27)23-29-32-26(33(23)19-12-6-3-7-13-19)36-16-22(34)28-25-31-30-24(37-25)18-10-4-2-5-11-18/h3,6-9,12-15,17-18H,2,4-5,10-11,16H2,1H3,(H,28,31,34). The topological polar surface area (TPSA) is 94.8 Å². The van der Waals surface area contributed by atoms with Gasteiger partial charge in [0.15, 0.2) is 28.7 Å². The number of rotatable bonds is 9. The van der Waals surface area contributed by atoms with Crippen LogP contribution in [0.25, 0.3) is 5.69 Å². The third-order valence-corrected chi connectivity index (χ3v) is 8.08. The molecule has 5 rings (SSSR count). The molecule has 2 heterocycles. The van der Waals surface area contributed by atoms with E-state index in [0.717, 1.165) is 23.5 Å². The summed E-state index contributed by atoms with van der Waals surface area (Å²) in [5.41, 5.74) is 0.815. The van der Waals surface area contributed by atoms with E-state index in [1.165, 1.54) is 48.4 Å². The van der Waals surface area contributed by atoms with Gasteiger partial charge in [-0.1, -0.05) is 72.7 Å². The van der Waals surface area contributed by atoms with Crippen LogP contribution in [0.4, 0.5) is 9.52 Å². The Bertz CT molecular complexity index is 1340. The molecule has 1 saturated carbocycles. The fourth-order valence-corrected chi connectivity index (χ4v) is 6.01. The van der Waals surface area contributed by atoms with Crippen LogP contribution in [0.3, 0.4) is 0 Å². The average Bonchev–Trinajstić information content (AvgIpc) is 3.57. The van der Waals surface area contributed by atoms with Crippen LogP contribution in [0, 0.1) is 5.82 Å². The Balaban J connectivity index is 1.28. The van der Waals surface area contributed by atoms with Gasteiger partial charge in [0.2, 0.25) is 11.0 Å². The maximum Gasteiger partial charge on any atom is 0.236 e. The van der Waals surface area contributed by atoms with E-state index in [1.54, 1.807) is 25.1 Å². The number of thioether (sulfide) groups is 1. The van der Waals surface area contributed by atoms with Gasteiger partial charge in [0, 0.05) is 11.6 Å². The first kappa shape index (κ1) is 25.3. The summed E-state index contributed by atoms with van der Waals surface area (Å²) in [5, 5.41) is 22.0. The molecule has 11 heteroatoms. The number of amides is 1. The van der Waals surface area contributed by atoms with E-state index >= 15 is 0 Å². The Morgan fingerprint density at radius 1 is 1.08 bits per heavy atom. The van der Waals surface area contributed by atoms with Crippen LogP contribution in [-0.4, -0.2) is 36.6 Å². The molecule has 0 aliphatic heterocycles. The lowest BCUT2D eigenvalue weighted by Crippen LogP contribution is -2.15. The summed E-state index contributed by atoms with van der Waals surface area (Å²) >= 11 is 2.71. The van der Waals surface area contributed by atoms with Crippen LogP contribution < -0.4 is 10.1 Å². The van der Waals surface area contributed by atoms with Gasteiger partial charge in [0.1, 0.15) is 5.01 Å². The van der Waals surface area contributed by atoms with Gasteiger partial charge in [-0.3, -0.25) is 14.7 Å². The Morgan fingerprint density at radius 2 is 1.84 bits per heavy atom. The second-order valence-electron chi connectivity index (χ2n) is 8.82. The molecule has 1 fully saturated rings. The number of ether oxygens (including phenoxy) is 1. The Labute approximate surface area is 222 Å². The summed E-state index contributed by atoms with van der Waals surface area (Å²) in [7, 11) is 0. The van der Waals surface area contributed by atoms with E-state index in [0.29, 0.717) is 22.0 Å². The minimum atomic E-state index is -0.590. The molecule has 2 aromatic heterocycles. The van der Waals surface area contributed by atoms with E-state index < -0.39 is 11.9 Å². The van der Waals surface area contributed by atoms with Crippen LogP contribution in [0.1, 0.15) is 61.9 Å². The molecule has 1 unspecified atom stereocenters. The summed E-state index contributed by atoms with van der Waals surface area (Å²) in [4.78, 5) is 12.7. The number of aromatic nitrogens is 5.